The fourth-order valence-electron chi connectivity index (χ4n) is 2.54. The Balaban J connectivity index is 1.56. The number of halogens is 2. The van der Waals surface area contributed by atoms with E-state index in [0.29, 0.717) is 22.5 Å². The van der Waals surface area contributed by atoms with Gasteiger partial charge in [0.05, 0.1) is 12.8 Å². The van der Waals surface area contributed by atoms with Crippen molar-refractivity contribution in [1.29, 1.82) is 0 Å². The summed E-state index contributed by atoms with van der Waals surface area (Å²) >= 11 is 13.8. The first-order valence-corrected chi connectivity index (χ1v) is 9.47. The minimum atomic E-state index is 0.529. The van der Waals surface area contributed by atoms with Crippen molar-refractivity contribution in [3.8, 4) is 0 Å². The first-order chi connectivity index (χ1) is 11.7. The van der Waals surface area contributed by atoms with E-state index in [2.05, 4.69) is 14.8 Å². The molecule has 7 heteroatoms. The van der Waals surface area contributed by atoms with E-state index >= 15 is 0 Å². The third-order valence-electron chi connectivity index (χ3n) is 3.95. The largest absolute Gasteiger partial charge is 0.467 e. The van der Waals surface area contributed by atoms with Crippen LogP contribution in [0.25, 0.3) is 0 Å². The Labute approximate surface area is 154 Å². The molecule has 0 amide bonds. The molecule has 124 valence electrons. The fraction of sp³-hybridized carbons (Fsp3) is 0.294. The lowest BCUT2D eigenvalue weighted by Crippen LogP contribution is -2.05. The Kier molecular flexibility index (Phi) is 4.57. The van der Waals surface area contributed by atoms with E-state index < -0.39 is 0 Å². The number of hydrogen-bond donors (Lipinski definition) is 0. The van der Waals surface area contributed by atoms with Gasteiger partial charge in [-0.3, -0.25) is 4.57 Å². The van der Waals surface area contributed by atoms with Crippen molar-refractivity contribution in [2.45, 2.75) is 36.2 Å². The highest BCUT2D eigenvalue weighted by Crippen LogP contribution is 2.40. The van der Waals surface area contributed by atoms with Crippen molar-refractivity contribution < 1.29 is 4.42 Å². The molecule has 1 fully saturated rings. The number of nitrogens with zero attached hydrogens (tertiary/aromatic N) is 3. The van der Waals surface area contributed by atoms with Crippen molar-refractivity contribution in [3.05, 3.63) is 63.8 Å². The standard InChI is InChI=1S/C17H15Cl2N3OS/c18-13-6-5-12(15(19)8-13)10-24-17-21-20-16(11-3-4-11)22(17)9-14-2-1-7-23-14/h1-2,5-8,11H,3-4,9-10H2. The van der Waals surface area contributed by atoms with Gasteiger partial charge in [0, 0.05) is 21.7 Å². The third-order valence-corrected chi connectivity index (χ3v) is 5.56. The molecular weight excluding hydrogens is 365 g/mol. The minimum absolute atomic E-state index is 0.529. The fourth-order valence-corrected chi connectivity index (χ4v) is 4.04. The zero-order valence-corrected chi connectivity index (χ0v) is 15.1. The van der Waals surface area contributed by atoms with Crippen LogP contribution >= 0.6 is 35.0 Å². The van der Waals surface area contributed by atoms with Gasteiger partial charge in [0.2, 0.25) is 0 Å². The summed E-state index contributed by atoms with van der Waals surface area (Å²) < 4.78 is 7.65. The van der Waals surface area contributed by atoms with Crippen LogP contribution in [0.1, 0.15) is 35.9 Å². The summed E-state index contributed by atoms with van der Waals surface area (Å²) in [5.41, 5.74) is 1.03. The summed E-state index contributed by atoms with van der Waals surface area (Å²) in [7, 11) is 0. The lowest BCUT2D eigenvalue weighted by atomic mass is 10.2. The van der Waals surface area contributed by atoms with Crippen molar-refractivity contribution in [3.63, 3.8) is 0 Å². The van der Waals surface area contributed by atoms with Crippen LogP contribution in [-0.4, -0.2) is 14.8 Å². The van der Waals surface area contributed by atoms with E-state index in [1.165, 1.54) is 12.8 Å². The Morgan fingerprint density at radius 1 is 1.21 bits per heavy atom. The molecule has 1 aromatic carbocycles. The number of rotatable bonds is 6. The molecule has 0 radical (unpaired) electrons. The zero-order chi connectivity index (χ0) is 16.5. The maximum absolute atomic E-state index is 6.26. The van der Waals surface area contributed by atoms with E-state index in [9.17, 15) is 0 Å². The van der Waals surface area contributed by atoms with Crippen LogP contribution in [0, 0.1) is 0 Å². The molecule has 24 heavy (non-hydrogen) atoms. The third kappa shape index (κ3) is 3.48. The van der Waals surface area contributed by atoms with Gasteiger partial charge in [-0.1, -0.05) is 41.0 Å². The Morgan fingerprint density at radius 2 is 2.08 bits per heavy atom. The average molecular weight is 380 g/mol. The van der Waals surface area contributed by atoms with Gasteiger partial charge in [0.25, 0.3) is 0 Å². The predicted molar refractivity (Wildman–Crippen MR) is 95.8 cm³/mol. The van der Waals surface area contributed by atoms with Crippen molar-refractivity contribution in [2.24, 2.45) is 0 Å². The maximum Gasteiger partial charge on any atom is 0.191 e. The number of furan rings is 1. The van der Waals surface area contributed by atoms with Crippen LogP contribution in [0.2, 0.25) is 10.0 Å². The molecular formula is C17H15Cl2N3OS. The molecule has 0 spiro atoms. The van der Waals surface area contributed by atoms with Gasteiger partial charge in [0.1, 0.15) is 11.6 Å². The highest BCUT2D eigenvalue weighted by Gasteiger charge is 2.30. The van der Waals surface area contributed by atoms with Crippen LogP contribution in [0.5, 0.6) is 0 Å². The highest BCUT2D eigenvalue weighted by molar-refractivity contribution is 7.98. The summed E-state index contributed by atoms with van der Waals surface area (Å²) in [5, 5.41) is 11.0. The van der Waals surface area contributed by atoms with E-state index in [1.807, 2.05) is 24.3 Å². The van der Waals surface area contributed by atoms with Crippen LogP contribution in [0.15, 0.2) is 46.2 Å². The normalized spacial score (nSPS) is 14.2. The predicted octanol–water partition coefficient (Wildman–Crippen LogP) is 5.40. The summed E-state index contributed by atoms with van der Waals surface area (Å²) in [6, 6.07) is 9.44. The second kappa shape index (κ2) is 6.82. The molecule has 1 saturated carbocycles. The summed E-state index contributed by atoms with van der Waals surface area (Å²) in [6.45, 7) is 0.655. The second-order valence-electron chi connectivity index (χ2n) is 5.80. The van der Waals surface area contributed by atoms with Gasteiger partial charge < -0.3 is 4.42 Å². The van der Waals surface area contributed by atoms with E-state index in [0.717, 1.165) is 28.1 Å². The molecule has 3 aromatic rings. The number of thioether (sulfide) groups is 1. The van der Waals surface area contributed by atoms with Gasteiger partial charge in [0.15, 0.2) is 5.16 Å². The average Bonchev–Trinajstić information content (AvgIpc) is 3.13. The van der Waals surface area contributed by atoms with E-state index in [4.69, 9.17) is 27.6 Å². The first-order valence-electron chi connectivity index (χ1n) is 7.73. The van der Waals surface area contributed by atoms with Gasteiger partial charge in [-0.15, -0.1) is 10.2 Å². The van der Waals surface area contributed by atoms with Gasteiger partial charge in [-0.2, -0.15) is 0 Å². The lowest BCUT2D eigenvalue weighted by Gasteiger charge is -2.09. The molecule has 4 rings (SSSR count). The molecule has 0 unspecified atom stereocenters. The van der Waals surface area contributed by atoms with Crippen molar-refractivity contribution in [2.75, 3.05) is 0 Å². The highest BCUT2D eigenvalue weighted by atomic mass is 35.5. The molecule has 1 aliphatic rings. The van der Waals surface area contributed by atoms with Crippen molar-refractivity contribution in [1.82, 2.24) is 14.8 Å². The quantitative estimate of drug-likeness (QED) is 0.538. The first kappa shape index (κ1) is 16.1. The van der Waals surface area contributed by atoms with E-state index in [-0.39, 0.29) is 0 Å². The SMILES string of the molecule is Clc1ccc(CSc2nnc(C3CC3)n2Cc2ccco2)c(Cl)c1. The molecule has 0 saturated heterocycles. The summed E-state index contributed by atoms with van der Waals surface area (Å²) in [6.07, 6.45) is 4.06. The smallest absolute Gasteiger partial charge is 0.191 e. The Bertz CT molecular complexity index is 844. The zero-order valence-electron chi connectivity index (χ0n) is 12.8. The van der Waals surface area contributed by atoms with Gasteiger partial charge in [-0.25, -0.2) is 0 Å². The number of hydrogen-bond acceptors (Lipinski definition) is 4. The Hall–Kier alpha value is -1.43. The lowest BCUT2D eigenvalue weighted by molar-refractivity contribution is 0.478. The molecule has 0 N–H and O–H groups in total. The molecule has 0 aliphatic heterocycles. The van der Waals surface area contributed by atoms with Crippen LogP contribution in [0.4, 0.5) is 0 Å². The van der Waals surface area contributed by atoms with Crippen LogP contribution in [-0.2, 0) is 12.3 Å². The van der Waals surface area contributed by atoms with Gasteiger partial charge in [-0.05, 0) is 42.7 Å². The molecule has 1 aliphatic carbocycles. The minimum Gasteiger partial charge on any atom is -0.467 e. The maximum atomic E-state index is 6.26. The molecule has 2 aromatic heterocycles. The number of aromatic nitrogens is 3. The Morgan fingerprint density at radius 3 is 2.79 bits per heavy atom. The van der Waals surface area contributed by atoms with Gasteiger partial charge >= 0.3 is 0 Å². The number of benzene rings is 1. The molecule has 0 bridgehead atoms. The second-order valence-corrected chi connectivity index (χ2v) is 7.59. The topological polar surface area (TPSA) is 43.9 Å². The van der Waals surface area contributed by atoms with Crippen molar-refractivity contribution >= 4 is 35.0 Å². The van der Waals surface area contributed by atoms with E-state index in [1.54, 1.807) is 24.1 Å². The molecule has 4 nitrogen and oxygen atoms in total. The molecule has 0 atom stereocenters. The summed E-state index contributed by atoms with van der Waals surface area (Å²) in [4.78, 5) is 0. The molecule has 2 heterocycles. The summed E-state index contributed by atoms with van der Waals surface area (Å²) in [5.74, 6) is 3.21. The van der Waals surface area contributed by atoms with Crippen LogP contribution < -0.4 is 0 Å². The monoisotopic (exact) mass is 379 g/mol. The van der Waals surface area contributed by atoms with Crippen LogP contribution in [0.3, 0.4) is 0 Å².